The number of rotatable bonds is 8. The summed E-state index contributed by atoms with van der Waals surface area (Å²) in [4.78, 5) is 24.8. The van der Waals surface area contributed by atoms with E-state index in [0.717, 1.165) is 11.4 Å². The number of amides is 1. The summed E-state index contributed by atoms with van der Waals surface area (Å²) in [6.45, 7) is 8.37. The first-order valence-electron chi connectivity index (χ1n) is 9.87. The van der Waals surface area contributed by atoms with Crippen LogP contribution in [0.25, 0.3) is 11.3 Å². The molecular weight excluding hydrogens is 370 g/mol. The van der Waals surface area contributed by atoms with Crippen molar-refractivity contribution in [3.05, 3.63) is 52.8 Å². The SMILES string of the molecule is CCOc1ccc(-n2ccn3c(CC(C)CC(=O)NC(C)C)nnc3c2=O)cc1. The van der Waals surface area contributed by atoms with Gasteiger partial charge in [0.2, 0.25) is 11.6 Å². The average Bonchev–Trinajstić information content (AvgIpc) is 3.06. The lowest BCUT2D eigenvalue weighted by molar-refractivity contribution is -0.122. The predicted octanol–water partition coefficient (Wildman–Crippen LogP) is 2.37. The highest BCUT2D eigenvalue weighted by molar-refractivity contribution is 5.76. The maximum Gasteiger partial charge on any atom is 0.300 e. The molecule has 3 rings (SSSR count). The zero-order valence-electron chi connectivity index (χ0n) is 17.3. The molecule has 0 aliphatic rings. The van der Waals surface area contributed by atoms with E-state index < -0.39 is 0 Å². The van der Waals surface area contributed by atoms with Crippen LogP contribution in [0.15, 0.2) is 41.5 Å². The van der Waals surface area contributed by atoms with Crippen LogP contribution < -0.4 is 15.6 Å². The van der Waals surface area contributed by atoms with E-state index in [1.54, 1.807) is 16.8 Å². The summed E-state index contributed by atoms with van der Waals surface area (Å²) in [5.41, 5.74) is 0.736. The van der Waals surface area contributed by atoms with Crippen LogP contribution in [0.4, 0.5) is 0 Å². The monoisotopic (exact) mass is 397 g/mol. The highest BCUT2D eigenvalue weighted by atomic mass is 16.5. The summed E-state index contributed by atoms with van der Waals surface area (Å²) >= 11 is 0. The van der Waals surface area contributed by atoms with Gasteiger partial charge in [-0.1, -0.05) is 6.92 Å². The molecule has 8 heteroatoms. The Morgan fingerprint density at radius 2 is 1.86 bits per heavy atom. The van der Waals surface area contributed by atoms with Gasteiger partial charge >= 0.3 is 5.56 Å². The minimum absolute atomic E-state index is 0.0131. The summed E-state index contributed by atoms with van der Waals surface area (Å²) in [5.74, 6) is 1.51. The Morgan fingerprint density at radius 3 is 2.52 bits per heavy atom. The van der Waals surface area contributed by atoms with Crippen molar-refractivity contribution in [1.82, 2.24) is 24.5 Å². The van der Waals surface area contributed by atoms with Gasteiger partial charge in [0.05, 0.1) is 6.61 Å². The molecule has 2 heterocycles. The van der Waals surface area contributed by atoms with Crippen LogP contribution in [0.2, 0.25) is 0 Å². The van der Waals surface area contributed by atoms with E-state index in [1.807, 2.05) is 52.0 Å². The van der Waals surface area contributed by atoms with Gasteiger partial charge in [0.1, 0.15) is 11.6 Å². The fourth-order valence-electron chi connectivity index (χ4n) is 3.23. The Labute approximate surface area is 169 Å². The Kier molecular flexibility index (Phi) is 6.31. The van der Waals surface area contributed by atoms with Crippen molar-refractivity contribution in [2.24, 2.45) is 5.92 Å². The van der Waals surface area contributed by atoms with Crippen LogP contribution in [0.5, 0.6) is 5.75 Å². The van der Waals surface area contributed by atoms with E-state index in [4.69, 9.17) is 4.74 Å². The van der Waals surface area contributed by atoms with Crippen molar-refractivity contribution < 1.29 is 9.53 Å². The van der Waals surface area contributed by atoms with Crippen LogP contribution in [0.3, 0.4) is 0 Å². The Bertz CT molecular complexity index is 1040. The number of nitrogens with one attached hydrogen (secondary N) is 1. The maximum atomic E-state index is 12.9. The molecule has 0 fully saturated rings. The molecule has 0 radical (unpaired) electrons. The molecule has 1 aromatic carbocycles. The summed E-state index contributed by atoms with van der Waals surface area (Å²) in [7, 11) is 0. The number of hydrogen-bond donors (Lipinski definition) is 1. The minimum atomic E-state index is -0.249. The fraction of sp³-hybridized carbons (Fsp3) is 0.429. The van der Waals surface area contributed by atoms with Gasteiger partial charge in [-0.3, -0.25) is 18.6 Å². The van der Waals surface area contributed by atoms with Gasteiger partial charge in [-0.15, -0.1) is 10.2 Å². The lowest BCUT2D eigenvalue weighted by Gasteiger charge is -2.13. The molecule has 0 bridgehead atoms. The van der Waals surface area contributed by atoms with Crippen molar-refractivity contribution >= 4 is 11.6 Å². The first-order chi connectivity index (χ1) is 13.9. The van der Waals surface area contributed by atoms with Crippen LogP contribution in [-0.4, -0.2) is 37.7 Å². The van der Waals surface area contributed by atoms with Gasteiger partial charge in [0.25, 0.3) is 0 Å². The molecule has 1 unspecified atom stereocenters. The second kappa shape index (κ2) is 8.89. The third-order valence-corrected chi connectivity index (χ3v) is 4.48. The molecule has 0 saturated heterocycles. The molecule has 2 aromatic heterocycles. The number of benzene rings is 1. The van der Waals surface area contributed by atoms with E-state index >= 15 is 0 Å². The number of aromatic nitrogens is 4. The van der Waals surface area contributed by atoms with Gasteiger partial charge in [-0.05, 0) is 51.0 Å². The van der Waals surface area contributed by atoms with Crippen molar-refractivity contribution in [3.8, 4) is 11.4 Å². The van der Waals surface area contributed by atoms with Crippen molar-refractivity contribution in [1.29, 1.82) is 0 Å². The Balaban J connectivity index is 1.80. The molecule has 0 saturated carbocycles. The number of carbonyl (C=O) groups is 1. The Morgan fingerprint density at radius 1 is 1.14 bits per heavy atom. The highest BCUT2D eigenvalue weighted by Gasteiger charge is 2.16. The standard InChI is InChI=1S/C21H27N5O3/c1-5-29-17-8-6-16(7-9-17)25-10-11-26-18(23-24-20(26)21(25)28)12-15(4)13-19(27)22-14(2)3/h6-11,14-15H,5,12-13H2,1-4H3,(H,22,27). The zero-order valence-corrected chi connectivity index (χ0v) is 17.3. The lowest BCUT2D eigenvalue weighted by atomic mass is 10.0. The molecule has 1 amide bonds. The van der Waals surface area contributed by atoms with Crippen LogP contribution >= 0.6 is 0 Å². The quantitative estimate of drug-likeness (QED) is 0.630. The largest absolute Gasteiger partial charge is 0.494 e. The predicted molar refractivity (Wildman–Crippen MR) is 111 cm³/mol. The number of hydrogen-bond acceptors (Lipinski definition) is 5. The number of ether oxygens (including phenoxy) is 1. The summed E-state index contributed by atoms with van der Waals surface area (Å²) in [6.07, 6.45) is 4.44. The normalized spacial score (nSPS) is 12.3. The molecule has 29 heavy (non-hydrogen) atoms. The molecular formula is C21H27N5O3. The third-order valence-electron chi connectivity index (χ3n) is 4.48. The first kappa shape index (κ1) is 20.6. The smallest absolute Gasteiger partial charge is 0.300 e. The second-order valence-electron chi connectivity index (χ2n) is 7.45. The van der Waals surface area contributed by atoms with E-state index in [9.17, 15) is 9.59 Å². The minimum Gasteiger partial charge on any atom is -0.494 e. The van der Waals surface area contributed by atoms with E-state index in [2.05, 4.69) is 15.5 Å². The highest BCUT2D eigenvalue weighted by Crippen LogP contribution is 2.15. The summed E-state index contributed by atoms with van der Waals surface area (Å²) in [6, 6.07) is 7.43. The van der Waals surface area contributed by atoms with Gasteiger partial charge < -0.3 is 10.1 Å². The topological polar surface area (TPSA) is 90.5 Å². The van der Waals surface area contributed by atoms with Gasteiger partial charge in [-0.2, -0.15) is 0 Å². The molecule has 154 valence electrons. The molecule has 3 aromatic rings. The van der Waals surface area contributed by atoms with Gasteiger partial charge in [0, 0.05) is 37.0 Å². The van der Waals surface area contributed by atoms with E-state index in [-0.39, 0.29) is 29.1 Å². The molecule has 1 atom stereocenters. The van der Waals surface area contributed by atoms with E-state index in [1.165, 1.54) is 4.57 Å². The van der Waals surface area contributed by atoms with Crippen LogP contribution in [-0.2, 0) is 11.2 Å². The molecule has 1 N–H and O–H groups in total. The molecule has 8 nitrogen and oxygen atoms in total. The van der Waals surface area contributed by atoms with Crippen LogP contribution in [0, 0.1) is 5.92 Å². The average molecular weight is 397 g/mol. The van der Waals surface area contributed by atoms with Gasteiger partial charge in [-0.25, -0.2) is 0 Å². The molecule has 0 aliphatic heterocycles. The number of carbonyl (C=O) groups excluding carboxylic acids is 1. The lowest BCUT2D eigenvalue weighted by Crippen LogP contribution is -2.31. The third kappa shape index (κ3) is 4.82. The first-order valence-corrected chi connectivity index (χ1v) is 9.87. The molecule has 0 spiro atoms. The number of nitrogens with zero attached hydrogens (tertiary/aromatic N) is 4. The van der Waals surface area contributed by atoms with Crippen molar-refractivity contribution in [2.45, 2.75) is 46.6 Å². The zero-order chi connectivity index (χ0) is 21.0. The maximum absolute atomic E-state index is 12.9. The van der Waals surface area contributed by atoms with Crippen molar-refractivity contribution in [3.63, 3.8) is 0 Å². The fourth-order valence-corrected chi connectivity index (χ4v) is 3.23. The summed E-state index contributed by atoms with van der Waals surface area (Å²) < 4.78 is 8.67. The molecule has 0 aliphatic carbocycles. The van der Waals surface area contributed by atoms with Crippen molar-refractivity contribution in [2.75, 3.05) is 6.61 Å². The summed E-state index contributed by atoms with van der Waals surface area (Å²) in [5, 5.41) is 11.2. The van der Waals surface area contributed by atoms with Gasteiger partial charge in [0.15, 0.2) is 0 Å². The van der Waals surface area contributed by atoms with Crippen LogP contribution in [0.1, 0.15) is 39.9 Å². The number of fused-ring (bicyclic) bond motifs is 1. The van der Waals surface area contributed by atoms with E-state index in [0.29, 0.717) is 25.3 Å². The second-order valence-corrected chi connectivity index (χ2v) is 7.45. The Hall–Kier alpha value is -3.16.